The van der Waals surface area contributed by atoms with Crippen LogP contribution in [-0.2, 0) is 7.05 Å². The van der Waals surface area contributed by atoms with E-state index in [0.717, 1.165) is 40.5 Å². The molecule has 4 aromatic rings. The molecular weight excluding hydrogens is 352 g/mol. The van der Waals surface area contributed by atoms with Crippen LogP contribution in [0, 0.1) is 6.92 Å². The zero-order chi connectivity index (χ0) is 19.3. The Morgan fingerprint density at radius 2 is 2.18 bits per heavy atom. The van der Waals surface area contributed by atoms with Crippen LogP contribution in [0.5, 0.6) is 0 Å². The van der Waals surface area contributed by atoms with Gasteiger partial charge in [-0.25, -0.2) is 4.98 Å². The van der Waals surface area contributed by atoms with Gasteiger partial charge >= 0.3 is 0 Å². The number of carbonyl (C=O) groups is 1. The lowest BCUT2D eigenvalue weighted by molar-refractivity contribution is 0.102. The monoisotopic (exact) mass is 374 g/mol. The Bertz CT molecular complexity index is 1200. The van der Waals surface area contributed by atoms with Crippen molar-refractivity contribution in [3.05, 3.63) is 53.5 Å². The van der Waals surface area contributed by atoms with Crippen LogP contribution in [-0.4, -0.2) is 32.2 Å². The minimum absolute atomic E-state index is 0.183. The minimum atomic E-state index is -0.183. The number of aromatic nitrogens is 4. The van der Waals surface area contributed by atoms with Crippen molar-refractivity contribution in [2.45, 2.75) is 25.8 Å². The van der Waals surface area contributed by atoms with Crippen molar-refractivity contribution in [3.8, 4) is 0 Å². The molecule has 0 aliphatic carbocycles. The van der Waals surface area contributed by atoms with Crippen LogP contribution >= 0.6 is 0 Å². The highest BCUT2D eigenvalue weighted by Crippen LogP contribution is 2.27. The molecule has 4 heterocycles. The molecule has 1 fully saturated rings. The zero-order valence-corrected chi connectivity index (χ0v) is 15.9. The average Bonchev–Trinajstić information content (AvgIpc) is 3.41. The summed E-state index contributed by atoms with van der Waals surface area (Å²) in [6, 6.07) is 10.0. The highest BCUT2D eigenvalue weighted by atomic mass is 16.1. The quantitative estimate of drug-likeness (QED) is 0.513. The number of benzene rings is 1. The second kappa shape index (κ2) is 6.45. The van der Waals surface area contributed by atoms with E-state index < -0.39 is 0 Å². The Labute approximate surface area is 162 Å². The largest absolute Gasteiger partial charge is 0.357 e. The van der Waals surface area contributed by atoms with Crippen LogP contribution in [0.3, 0.4) is 0 Å². The van der Waals surface area contributed by atoms with Crippen LogP contribution in [0.25, 0.3) is 21.8 Å². The molecule has 3 N–H and O–H groups in total. The number of H-pyrrole nitrogens is 1. The molecule has 0 spiro atoms. The second-order valence-corrected chi connectivity index (χ2v) is 7.43. The third kappa shape index (κ3) is 2.84. The molecule has 1 aromatic carbocycles. The molecule has 1 aliphatic heterocycles. The number of anilines is 1. The van der Waals surface area contributed by atoms with Gasteiger partial charge in [0.2, 0.25) is 0 Å². The summed E-state index contributed by atoms with van der Waals surface area (Å²) in [5.41, 5.74) is 4.63. The number of nitrogens with one attached hydrogen (secondary N) is 3. The molecule has 28 heavy (non-hydrogen) atoms. The van der Waals surface area contributed by atoms with Gasteiger partial charge in [0.25, 0.3) is 5.91 Å². The molecule has 142 valence electrons. The van der Waals surface area contributed by atoms with Crippen molar-refractivity contribution in [1.29, 1.82) is 0 Å². The summed E-state index contributed by atoms with van der Waals surface area (Å²) in [5.74, 6) is 0.350. The molecule has 1 aliphatic rings. The Balaban J connectivity index is 1.41. The van der Waals surface area contributed by atoms with Gasteiger partial charge < -0.3 is 15.6 Å². The second-order valence-electron chi connectivity index (χ2n) is 7.43. The fourth-order valence-electron chi connectivity index (χ4n) is 4.02. The lowest BCUT2D eigenvalue weighted by Gasteiger charge is -2.06. The van der Waals surface area contributed by atoms with Crippen molar-refractivity contribution >= 4 is 33.5 Å². The van der Waals surface area contributed by atoms with E-state index in [4.69, 9.17) is 0 Å². The fourth-order valence-corrected chi connectivity index (χ4v) is 4.02. The Morgan fingerprint density at radius 3 is 3.00 bits per heavy atom. The summed E-state index contributed by atoms with van der Waals surface area (Å²) in [6.07, 6.45) is 4.13. The molecule has 1 unspecified atom stereocenters. The van der Waals surface area contributed by atoms with Gasteiger partial charge in [0.1, 0.15) is 5.82 Å². The first-order valence-electron chi connectivity index (χ1n) is 9.55. The van der Waals surface area contributed by atoms with E-state index in [1.807, 2.05) is 38.2 Å². The number of carbonyl (C=O) groups excluding carboxylic acids is 1. The normalized spacial score (nSPS) is 16.9. The summed E-state index contributed by atoms with van der Waals surface area (Å²) in [7, 11) is 1.88. The van der Waals surface area contributed by atoms with Crippen molar-refractivity contribution < 1.29 is 4.79 Å². The van der Waals surface area contributed by atoms with Gasteiger partial charge in [-0.15, -0.1) is 0 Å². The van der Waals surface area contributed by atoms with Gasteiger partial charge in [-0.2, -0.15) is 5.10 Å². The lowest BCUT2D eigenvalue weighted by Crippen LogP contribution is -2.13. The van der Waals surface area contributed by atoms with Gasteiger partial charge in [0.05, 0.1) is 16.7 Å². The van der Waals surface area contributed by atoms with Gasteiger partial charge in [0.15, 0.2) is 0 Å². The molecule has 0 bridgehead atoms. The predicted molar refractivity (Wildman–Crippen MR) is 109 cm³/mol. The fraction of sp³-hybridized carbons (Fsp3) is 0.286. The van der Waals surface area contributed by atoms with E-state index in [2.05, 4.69) is 31.8 Å². The Kier molecular flexibility index (Phi) is 3.91. The van der Waals surface area contributed by atoms with Crippen LogP contribution in [0.2, 0.25) is 0 Å². The molecule has 5 rings (SSSR count). The Morgan fingerprint density at radius 1 is 1.29 bits per heavy atom. The number of amides is 1. The molecule has 1 amide bonds. The van der Waals surface area contributed by atoms with E-state index >= 15 is 0 Å². The van der Waals surface area contributed by atoms with Crippen LogP contribution in [0.4, 0.5) is 5.82 Å². The first-order chi connectivity index (χ1) is 13.6. The van der Waals surface area contributed by atoms with E-state index in [1.165, 1.54) is 12.1 Å². The number of aryl methyl sites for hydroxylation is 2. The minimum Gasteiger partial charge on any atom is -0.357 e. The summed E-state index contributed by atoms with van der Waals surface area (Å²) >= 11 is 0. The van der Waals surface area contributed by atoms with Crippen molar-refractivity contribution in [1.82, 2.24) is 25.1 Å². The number of aromatic amines is 1. The van der Waals surface area contributed by atoms with Gasteiger partial charge in [-0.1, -0.05) is 6.07 Å². The third-order valence-corrected chi connectivity index (χ3v) is 5.50. The highest BCUT2D eigenvalue weighted by Gasteiger charge is 2.18. The maximum absolute atomic E-state index is 12.7. The number of nitrogens with zero attached hydrogens (tertiary/aromatic N) is 3. The summed E-state index contributed by atoms with van der Waals surface area (Å²) in [6.45, 7) is 3.02. The molecule has 0 radical (unpaired) electrons. The Hall–Kier alpha value is -3.19. The topological polar surface area (TPSA) is 87.6 Å². The van der Waals surface area contributed by atoms with Crippen molar-refractivity contribution in [2.75, 3.05) is 11.9 Å². The van der Waals surface area contributed by atoms with Crippen molar-refractivity contribution in [2.24, 2.45) is 7.05 Å². The molecule has 7 nitrogen and oxygen atoms in total. The van der Waals surface area contributed by atoms with Crippen molar-refractivity contribution in [3.63, 3.8) is 0 Å². The standard InChI is InChI=1S/C21H22N6O/c1-12-15-6-5-13(9-19(15)27(2)26-12)21(28)25-20-10-17-14(11-23-20)8-18(24-17)16-4-3-7-22-16/h5-6,8-11,16,22,24H,3-4,7H2,1-2H3,(H,23,25,28). The number of rotatable bonds is 3. The first-order valence-corrected chi connectivity index (χ1v) is 9.55. The molecule has 1 atom stereocenters. The maximum atomic E-state index is 12.7. The van der Waals surface area contributed by atoms with Crippen LogP contribution < -0.4 is 10.6 Å². The molecular formula is C21H22N6O. The van der Waals surface area contributed by atoms with Gasteiger partial charge in [-0.05, 0) is 44.5 Å². The lowest BCUT2D eigenvalue weighted by atomic mass is 10.1. The number of hydrogen-bond acceptors (Lipinski definition) is 4. The van der Waals surface area contributed by atoms with E-state index in [1.54, 1.807) is 10.9 Å². The van der Waals surface area contributed by atoms with E-state index in [-0.39, 0.29) is 5.91 Å². The number of fused-ring (bicyclic) bond motifs is 2. The maximum Gasteiger partial charge on any atom is 0.256 e. The molecule has 3 aromatic heterocycles. The molecule has 7 heteroatoms. The van der Waals surface area contributed by atoms with Crippen LogP contribution in [0.1, 0.15) is 40.6 Å². The molecule has 1 saturated heterocycles. The highest BCUT2D eigenvalue weighted by molar-refractivity contribution is 6.06. The summed E-state index contributed by atoms with van der Waals surface area (Å²) in [5, 5.41) is 12.9. The smallest absolute Gasteiger partial charge is 0.256 e. The summed E-state index contributed by atoms with van der Waals surface area (Å²) < 4.78 is 1.79. The number of hydrogen-bond donors (Lipinski definition) is 3. The first kappa shape index (κ1) is 16.9. The molecule has 0 saturated carbocycles. The van der Waals surface area contributed by atoms with E-state index in [0.29, 0.717) is 17.4 Å². The third-order valence-electron chi connectivity index (χ3n) is 5.50. The summed E-state index contributed by atoms with van der Waals surface area (Å²) in [4.78, 5) is 20.6. The average molecular weight is 374 g/mol. The van der Waals surface area contributed by atoms with Gasteiger partial charge in [-0.3, -0.25) is 9.48 Å². The van der Waals surface area contributed by atoms with Crippen LogP contribution in [0.15, 0.2) is 36.5 Å². The SMILES string of the molecule is Cc1nn(C)c2cc(C(=O)Nc3cc4[nH]c(C5CCCN5)cc4cn3)ccc12. The zero-order valence-electron chi connectivity index (χ0n) is 15.9. The van der Waals surface area contributed by atoms with Gasteiger partial charge in [0, 0.05) is 47.4 Å². The predicted octanol–water partition coefficient (Wildman–Crippen LogP) is 3.43. The number of pyridine rings is 1. The van der Waals surface area contributed by atoms with E-state index in [9.17, 15) is 4.79 Å².